The quantitative estimate of drug-likeness (QED) is 0.643. The fourth-order valence-electron chi connectivity index (χ4n) is 4.32. The molecule has 1 aliphatic carbocycles. The van der Waals surface area contributed by atoms with Gasteiger partial charge in [0.2, 0.25) is 0 Å². The molecule has 2 fully saturated rings. The van der Waals surface area contributed by atoms with E-state index in [0.29, 0.717) is 41.5 Å². The lowest BCUT2D eigenvalue weighted by Crippen LogP contribution is -2.40. The van der Waals surface area contributed by atoms with E-state index in [2.05, 4.69) is 0 Å². The molecule has 1 saturated heterocycles. The molecule has 33 heavy (non-hydrogen) atoms. The molecule has 178 valence electrons. The van der Waals surface area contributed by atoms with Crippen molar-refractivity contribution in [2.75, 3.05) is 51.7 Å². The summed E-state index contributed by atoms with van der Waals surface area (Å²) < 4.78 is 78.4. The molecule has 2 aromatic rings. The van der Waals surface area contributed by atoms with Gasteiger partial charge in [0.05, 0.1) is 28.6 Å². The van der Waals surface area contributed by atoms with Gasteiger partial charge in [-0.05, 0) is 30.7 Å². The van der Waals surface area contributed by atoms with Crippen molar-refractivity contribution < 1.29 is 25.6 Å². The molecule has 8 nitrogen and oxygen atoms in total. The van der Waals surface area contributed by atoms with Crippen LogP contribution in [0.2, 0.25) is 0 Å². The zero-order chi connectivity index (χ0) is 23.8. The Hall–Kier alpha value is -2.47. The van der Waals surface area contributed by atoms with Crippen LogP contribution in [0, 0.1) is 12.8 Å². The summed E-state index contributed by atoms with van der Waals surface area (Å²) in [7, 11) is -5.54. The summed E-state index contributed by atoms with van der Waals surface area (Å²) >= 11 is 0. The molecule has 5 rings (SSSR count). The van der Waals surface area contributed by atoms with Crippen LogP contribution in [0.15, 0.2) is 30.3 Å². The summed E-state index contributed by atoms with van der Waals surface area (Å²) in [5, 5.41) is 0. The predicted octanol–water partition coefficient (Wildman–Crippen LogP) is 2.45. The van der Waals surface area contributed by atoms with Crippen molar-refractivity contribution in [3.63, 3.8) is 0 Å². The zero-order valence-electron chi connectivity index (χ0n) is 18.2. The molecule has 3 aliphatic rings. The Bertz CT molecular complexity index is 1330. The third kappa shape index (κ3) is 3.82. The zero-order valence-corrected chi connectivity index (χ0v) is 19.8. The molecule has 0 N–H and O–H groups in total. The van der Waals surface area contributed by atoms with Crippen LogP contribution >= 0.6 is 0 Å². The van der Waals surface area contributed by atoms with Gasteiger partial charge in [0, 0.05) is 44.6 Å². The second kappa shape index (κ2) is 7.26. The number of hydrogen-bond acceptors (Lipinski definition) is 6. The second-order valence-electron chi connectivity index (χ2n) is 8.85. The highest BCUT2D eigenvalue weighted by atomic mass is 32.2. The van der Waals surface area contributed by atoms with E-state index in [0.717, 1.165) is 14.2 Å². The highest BCUT2D eigenvalue weighted by Gasteiger charge is 2.59. The SMILES string of the molecule is Cc1ccc(N2CCS(=O)(=O)CC2)nc1-c1ccc2c(c1)N(C)S(=O)(=O)N2CC1CC1(F)F. The minimum absolute atomic E-state index is 0.0786. The first-order valence-electron chi connectivity index (χ1n) is 10.6. The summed E-state index contributed by atoms with van der Waals surface area (Å²) in [5.74, 6) is -2.97. The summed E-state index contributed by atoms with van der Waals surface area (Å²) in [4.78, 5) is 6.67. The minimum Gasteiger partial charge on any atom is -0.355 e. The van der Waals surface area contributed by atoms with Crippen LogP contribution in [0.3, 0.4) is 0 Å². The first-order valence-corrected chi connectivity index (χ1v) is 13.8. The molecule has 0 bridgehead atoms. The molecule has 0 amide bonds. The van der Waals surface area contributed by atoms with E-state index in [1.807, 2.05) is 24.0 Å². The van der Waals surface area contributed by atoms with Crippen LogP contribution < -0.4 is 13.5 Å². The molecule has 1 unspecified atom stereocenters. The van der Waals surface area contributed by atoms with Crippen LogP contribution in [-0.2, 0) is 20.0 Å². The van der Waals surface area contributed by atoms with E-state index < -0.39 is 31.9 Å². The van der Waals surface area contributed by atoms with Gasteiger partial charge in [-0.2, -0.15) is 8.42 Å². The van der Waals surface area contributed by atoms with Gasteiger partial charge in [0.15, 0.2) is 9.84 Å². The maximum Gasteiger partial charge on any atom is 0.326 e. The fraction of sp³-hybridized carbons (Fsp3) is 0.476. The molecule has 0 spiro atoms. The molecule has 1 aromatic heterocycles. The number of benzene rings is 1. The average molecular weight is 499 g/mol. The van der Waals surface area contributed by atoms with Crippen LogP contribution in [-0.4, -0.2) is 65.9 Å². The van der Waals surface area contributed by atoms with Crippen molar-refractivity contribution in [2.45, 2.75) is 19.3 Å². The Morgan fingerprint density at radius 3 is 2.36 bits per heavy atom. The van der Waals surface area contributed by atoms with Crippen molar-refractivity contribution in [1.82, 2.24) is 4.98 Å². The highest BCUT2D eigenvalue weighted by molar-refractivity contribution is 7.94. The van der Waals surface area contributed by atoms with Crippen LogP contribution in [0.25, 0.3) is 11.3 Å². The van der Waals surface area contributed by atoms with Crippen LogP contribution in [0.1, 0.15) is 12.0 Å². The summed E-state index contributed by atoms with van der Waals surface area (Å²) in [5.41, 5.74) is 3.01. The smallest absolute Gasteiger partial charge is 0.326 e. The van der Waals surface area contributed by atoms with Gasteiger partial charge < -0.3 is 4.90 Å². The van der Waals surface area contributed by atoms with E-state index in [4.69, 9.17) is 4.98 Å². The van der Waals surface area contributed by atoms with E-state index >= 15 is 0 Å². The Balaban J connectivity index is 1.48. The fourth-order valence-corrected chi connectivity index (χ4v) is 6.98. The number of aromatic nitrogens is 1. The number of fused-ring (bicyclic) bond motifs is 1. The largest absolute Gasteiger partial charge is 0.355 e. The maximum atomic E-state index is 13.5. The lowest BCUT2D eigenvalue weighted by molar-refractivity contribution is 0.101. The first-order chi connectivity index (χ1) is 15.4. The number of alkyl halides is 2. The topological polar surface area (TPSA) is 90.9 Å². The van der Waals surface area contributed by atoms with Crippen LogP contribution in [0.5, 0.6) is 0 Å². The van der Waals surface area contributed by atoms with Gasteiger partial charge >= 0.3 is 10.2 Å². The Kier molecular flexibility index (Phi) is 4.91. The van der Waals surface area contributed by atoms with Crippen molar-refractivity contribution in [2.24, 2.45) is 5.92 Å². The van der Waals surface area contributed by atoms with E-state index in [-0.39, 0.29) is 24.5 Å². The normalized spacial score (nSPS) is 24.6. The summed E-state index contributed by atoms with van der Waals surface area (Å²) in [6.07, 6.45) is -0.302. The standard InChI is InChI=1S/C21H24F2N4O4S2/c1-14-3-6-19(26-7-9-32(28,29)10-8-26)24-20(14)15-4-5-17-18(11-15)25(2)33(30,31)27(17)13-16-12-21(16,22)23/h3-6,11,16H,7-10,12-13H2,1-2H3. The highest BCUT2D eigenvalue weighted by Crippen LogP contribution is 2.51. The third-order valence-corrected chi connectivity index (χ3v) is 9.97. The number of pyridine rings is 1. The maximum absolute atomic E-state index is 13.5. The molecule has 0 radical (unpaired) electrons. The molecule has 1 atom stereocenters. The third-order valence-electron chi connectivity index (χ3n) is 6.57. The molecule has 3 heterocycles. The molecule has 1 saturated carbocycles. The Labute approximate surface area is 191 Å². The number of sulfone groups is 1. The number of aryl methyl sites for hydroxylation is 1. The van der Waals surface area contributed by atoms with E-state index in [1.54, 1.807) is 18.2 Å². The number of rotatable bonds is 4. The van der Waals surface area contributed by atoms with Gasteiger partial charge in [-0.15, -0.1) is 0 Å². The van der Waals surface area contributed by atoms with E-state index in [1.165, 1.54) is 7.05 Å². The molecule has 1 aromatic carbocycles. The monoisotopic (exact) mass is 498 g/mol. The predicted molar refractivity (Wildman–Crippen MR) is 123 cm³/mol. The lowest BCUT2D eigenvalue weighted by atomic mass is 10.0. The van der Waals surface area contributed by atoms with Gasteiger partial charge in [-0.25, -0.2) is 22.2 Å². The first kappa shape index (κ1) is 22.3. The van der Waals surface area contributed by atoms with Gasteiger partial charge in [-0.1, -0.05) is 12.1 Å². The van der Waals surface area contributed by atoms with E-state index in [9.17, 15) is 25.6 Å². The van der Waals surface area contributed by atoms with Gasteiger partial charge in [0.1, 0.15) is 5.82 Å². The molecular weight excluding hydrogens is 474 g/mol. The van der Waals surface area contributed by atoms with Gasteiger partial charge in [-0.3, -0.25) is 8.61 Å². The minimum atomic E-state index is -3.93. The number of anilines is 3. The number of hydrogen-bond donors (Lipinski definition) is 0. The number of halogens is 2. The average Bonchev–Trinajstić information content (AvgIpc) is 3.31. The Morgan fingerprint density at radius 1 is 1.06 bits per heavy atom. The molecule has 2 aliphatic heterocycles. The lowest BCUT2D eigenvalue weighted by Gasteiger charge is -2.28. The number of nitrogens with zero attached hydrogens (tertiary/aromatic N) is 4. The van der Waals surface area contributed by atoms with Crippen molar-refractivity contribution in [3.05, 3.63) is 35.9 Å². The second-order valence-corrected chi connectivity index (χ2v) is 13.0. The Morgan fingerprint density at radius 2 is 1.73 bits per heavy atom. The van der Waals surface area contributed by atoms with Crippen molar-refractivity contribution >= 4 is 37.2 Å². The molecule has 12 heteroatoms. The summed E-state index contributed by atoms with van der Waals surface area (Å²) in [6, 6.07) is 8.82. The van der Waals surface area contributed by atoms with Crippen molar-refractivity contribution in [1.29, 1.82) is 0 Å². The summed E-state index contributed by atoms with van der Waals surface area (Å²) in [6.45, 7) is 2.37. The van der Waals surface area contributed by atoms with Gasteiger partial charge in [0.25, 0.3) is 5.92 Å². The van der Waals surface area contributed by atoms with Crippen LogP contribution in [0.4, 0.5) is 26.0 Å². The molecular formula is C21H24F2N4O4S2. The van der Waals surface area contributed by atoms with Crippen molar-refractivity contribution in [3.8, 4) is 11.3 Å².